The summed E-state index contributed by atoms with van der Waals surface area (Å²) in [6, 6.07) is 9.50. The van der Waals surface area contributed by atoms with Gasteiger partial charge in [-0.3, -0.25) is 0 Å². The first-order valence-corrected chi connectivity index (χ1v) is 8.79. The smallest absolute Gasteiger partial charge is 0.241 e. The van der Waals surface area contributed by atoms with Gasteiger partial charge in [0, 0.05) is 10.5 Å². The molecule has 0 aliphatic rings. The number of rotatable bonds is 4. The Morgan fingerprint density at radius 3 is 2.33 bits per heavy atom. The van der Waals surface area contributed by atoms with Crippen LogP contribution in [0.1, 0.15) is 5.56 Å². The zero-order chi connectivity index (χ0) is 15.6. The molecule has 0 aliphatic carbocycles. The highest BCUT2D eigenvalue weighted by atomic mass is 79.9. The van der Waals surface area contributed by atoms with E-state index in [2.05, 4.69) is 31.9 Å². The number of hydrogen-bond donors (Lipinski definition) is 1. The Labute approximate surface area is 138 Å². The number of primary sulfonamides is 1. The molecule has 0 saturated carbocycles. The number of hydrogen-bond acceptors (Lipinski definition) is 3. The molecule has 2 aromatic rings. The van der Waals surface area contributed by atoms with Crippen LogP contribution in [0.3, 0.4) is 0 Å². The van der Waals surface area contributed by atoms with Crippen molar-refractivity contribution >= 4 is 41.9 Å². The molecule has 0 unspecified atom stereocenters. The van der Waals surface area contributed by atoms with Crippen molar-refractivity contribution in [2.24, 2.45) is 5.14 Å². The van der Waals surface area contributed by atoms with Crippen molar-refractivity contribution in [1.29, 1.82) is 0 Å². The van der Waals surface area contributed by atoms with E-state index >= 15 is 0 Å². The number of nitrogens with two attached hydrogens (primary N) is 1. The van der Waals surface area contributed by atoms with Crippen LogP contribution in [0, 0.1) is 5.82 Å². The molecule has 112 valence electrons. The quantitative estimate of drug-likeness (QED) is 0.793. The molecule has 0 spiro atoms. The summed E-state index contributed by atoms with van der Waals surface area (Å²) in [7, 11) is -4.11. The predicted molar refractivity (Wildman–Crippen MR) is 83.9 cm³/mol. The summed E-state index contributed by atoms with van der Waals surface area (Å²) in [5, 5.41) is 4.92. The maximum Gasteiger partial charge on any atom is 0.241 e. The van der Waals surface area contributed by atoms with Crippen molar-refractivity contribution in [1.82, 2.24) is 0 Å². The highest BCUT2D eigenvalue weighted by Gasteiger charge is 2.18. The van der Waals surface area contributed by atoms with Gasteiger partial charge in [0.15, 0.2) is 0 Å². The van der Waals surface area contributed by atoms with Crippen LogP contribution < -0.4 is 9.88 Å². The normalized spacial score (nSPS) is 11.4. The fourth-order valence-electron chi connectivity index (χ4n) is 1.58. The van der Waals surface area contributed by atoms with Crippen LogP contribution in [0.15, 0.2) is 50.2 Å². The van der Waals surface area contributed by atoms with E-state index in [1.807, 2.05) is 24.3 Å². The van der Waals surface area contributed by atoms with Crippen LogP contribution in [0.2, 0.25) is 0 Å². The number of sulfonamides is 1. The van der Waals surface area contributed by atoms with Gasteiger partial charge >= 0.3 is 0 Å². The SMILES string of the molecule is NS(=O)(=O)c1cc(Br)c(OCc2ccc(Br)cc2)cc1F. The molecule has 8 heteroatoms. The molecule has 0 aliphatic heterocycles. The summed E-state index contributed by atoms with van der Waals surface area (Å²) in [5.41, 5.74) is 0.890. The van der Waals surface area contributed by atoms with Gasteiger partial charge in [0.1, 0.15) is 23.1 Å². The molecule has 0 atom stereocenters. The standard InChI is InChI=1S/C13H10Br2FNO3S/c14-9-3-1-8(2-4-9)7-20-12-6-11(16)13(5-10(12)15)21(17,18)19/h1-6H,7H2,(H2,17,18,19). The zero-order valence-electron chi connectivity index (χ0n) is 10.5. The number of halogens is 3. The molecule has 2 aromatic carbocycles. The summed E-state index contributed by atoms with van der Waals surface area (Å²) in [5.74, 6) is -0.755. The van der Waals surface area contributed by atoms with Gasteiger partial charge in [-0.25, -0.2) is 17.9 Å². The molecule has 0 radical (unpaired) electrons. The van der Waals surface area contributed by atoms with E-state index in [9.17, 15) is 12.8 Å². The fourth-order valence-corrected chi connectivity index (χ4v) is 3.07. The van der Waals surface area contributed by atoms with Crippen LogP contribution in [-0.4, -0.2) is 8.42 Å². The summed E-state index contributed by atoms with van der Waals surface area (Å²) >= 11 is 6.46. The second-order valence-corrected chi connectivity index (χ2v) is 7.47. The summed E-state index contributed by atoms with van der Waals surface area (Å²) in [6.45, 7) is 0.222. The van der Waals surface area contributed by atoms with Crippen molar-refractivity contribution < 1.29 is 17.5 Å². The minimum Gasteiger partial charge on any atom is -0.488 e. The van der Waals surface area contributed by atoms with E-state index < -0.39 is 20.7 Å². The molecule has 0 heterocycles. The van der Waals surface area contributed by atoms with Gasteiger partial charge in [-0.15, -0.1) is 0 Å². The van der Waals surface area contributed by atoms with Crippen LogP contribution in [0.4, 0.5) is 4.39 Å². The third-order valence-corrected chi connectivity index (χ3v) is 4.67. The van der Waals surface area contributed by atoms with Gasteiger partial charge in [-0.05, 0) is 39.7 Å². The molecule has 0 bridgehead atoms. The monoisotopic (exact) mass is 437 g/mol. The number of benzene rings is 2. The minimum atomic E-state index is -4.11. The van der Waals surface area contributed by atoms with E-state index in [0.29, 0.717) is 4.47 Å². The van der Waals surface area contributed by atoms with E-state index in [1.165, 1.54) is 0 Å². The zero-order valence-corrected chi connectivity index (χ0v) is 14.5. The van der Waals surface area contributed by atoms with Crippen LogP contribution >= 0.6 is 31.9 Å². The minimum absolute atomic E-state index is 0.197. The lowest BCUT2D eigenvalue weighted by molar-refractivity contribution is 0.302. The summed E-state index contributed by atoms with van der Waals surface area (Å²) < 4.78 is 42.9. The highest BCUT2D eigenvalue weighted by Crippen LogP contribution is 2.30. The largest absolute Gasteiger partial charge is 0.488 e. The molecule has 4 nitrogen and oxygen atoms in total. The van der Waals surface area contributed by atoms with E-state index in [0.717, 1.165) is 22.2 Å². The van der Waals surface area contributed by atoms with Crippen molar-refractivity contribution in [2.45, 2.75) is 11.5 Å². The first-order chi connectivity index (χ1) is 9.77. The average molecular weight is 439 g/mol. The van der Waals surface area contributed by atoms with Crippen LogP contribution in [0.25, 0.3) is 0 Å². The second kappa shape index (κ2) is 6.43. The lowest BCUT2D eigenvalue weighted by atomic mass is 10.2. The topological polar surface area (TPSA) is 69.4 Å². The Kier molecular flexibility index (Phi) is 5.03. The van der Waals surface area contributed by atoms with Crippen LogP contribution in [-0.2, 0) is 16.6 Å². The van der Waals surface area contributed by atoms with Gasteiger partial charge in [0.05, 0.1) is 4.47 Å². The molecule has 2 N–H and O–H groups in total. The van der Waals surface area contributed by atoms with Crippen molar-refractivity contribution in [2.75, 3.05) is 0 Å². The summed E-state index contributed by atoms with van der Waals surface area (Å²) in [6.07, 6.45) is 0. The number of ether oxygens (including phenoxy) is 1. The van der Waals surface area contributed by atoms with Crippen molar-refractivity contribution in [3.05, 3.63) is 56.7 Å². The lowest BCUT2D eigenvalue weighted by Gasteiger charge is -2.10. The van der Waals surface area contributed by atoms with Gasteiger partial charge < -0.3 is 4.74 Å². The van der Waals surface area contributed by atoms with Crippen molar-refractivity contribution in [3.8, 4) is 5.75 Å². The van der Waals surface area contributed by atoms with Crippen molar-refractivity contribution in [3.63, 3.8) is 0 Å². The molecular formula is C13H10Br2FNO3S. The first-order valence-electron chi connectivity index (χ1n) is 5.66. The lowest BCUT2D eigenvalue weighted by Crippen LogP contribution is -2.14. The maximum absolute atomic E-state index is 13.7. The Hall–Kier alpha value is -0.960. The molecule has 0 saturated heterocycles. The third-order valence-electron chi connectivity index (χ3n) is 2.60. The van der Waals surface area contributed by atoms with Gasteiger partial charge in [-0.2, -0.15) is 0 Å². The van der Waals surface area contributed by atoms with E-state index in [4.69, 9.17) is 9.88 Å². The highest BCUT2D eigenvalue weighted by molar-refractivity contribution is 9.10. The van der Waals surface area contributed by atoms with E-state index in [1.54, 1.807) is 0 Å². The molecule has 0 fully saturated rings. The van der Waals surface area contributed by atoms with Gasteiger partial charge in [0.2, 0.25) is 10.0 Å². The molecular weight excluding hydrogens is 429 g/mol. The van der Waals surface area contributed by atoms with Gasteiger partial charge in [-0.1, -0.05) is 28.1 Å². The Balaban J connectivity index is 2.21. The second-order valence-electron chi connectivity index (χ2n) is 4.17. The van der Waals surface area contributed by atoms with Gasteiger partial charge in [0.25, 0.3) is 0 Å². The Bertz CT molecular complexity index is 764. The summed E-state index contributed by atoms with van der Waals surface area (Å²) in [4.78, 5) is -0.578. The predicted octanol–water partition coefficient (Wildman–Crippen LogP) is 3.58. The fraction of sp³-hybridized carbons (Fsp3) is 0.0769. The average Bonchev–Trinajstić information content (AvgIpc) is 2.40. The van der Waals surface area contributed by atoms with Crippen LogP contribution in [0.5, 0.6) is 5.75 Å². The molecule has 21 heavy (non-hydrogen) atoms. The first kappa shape index (κ1) is 16.4. The maximum atomic E-state index is 13.7. The van der Waals surface area contributed by atoms with E-state index in [-0.39, 0.29) is 12.4 Å². The molecule has 2 rings (SSSR count). The third kappa shape index (κ3) is 4.26. The Morgan fingerprint density at radius 1 is 1.14 bits per heavy atom. The molecule has 0 aromatic heterocycles. The Morgan fingerprint density at radius 2 is 1.76 bits per heavy atom. The molecule has 0 amide bonds.